The van der Waals surface area contributed by atoms with E-state index >= 15 is 0 Å². The van der Waals surface area contributed by atoms with E-state index < -0.39 is 5.54 Å². The van der Waals surface area contributed by atoms with Gasteiger partial charge in [-0.3, -0.25) is 10.2 Å². The molecule has 4 N–H and O–H groups in total. The lowest BCUT2D eigenvalue weighted by atomic mass is 10.0. The molecular weight excluding hydrogens is 354 g/mol. The first-order valence-electron chi connectivity index (χ1n) is 8.71. The monoisotopic (exact) mass is 375 g/mol. The molecule has 8 nitrogen and oxygen atoms in total. The molecule has 0 aliphatic rings. The lowest BCUT2D eigenvalue weighted by molar-refractivity contribution is 0.0921. The molecule has 3 aromatic rings. The van der Waals surface area contributed by atoms with Gasteiger partial charge >= 0.3 is 0 Å². The molecule has 1 amide bonds. The van der Waals surface area contributed by atoms with Crippen molar-refractivity contribution in [2.75, 3.05) is 12.4 Å². The predicted molar refractivity (Wildman–Crippen MR) is 108 cm³/mol. The fourth-order valence-electron chi connectivity index (χ4n) is 2.77. The van der Waals surface area contributed by atoms with Crippen molar-refractivity contribution < 1.29 is 4.79 Å². The Bertz CT molecular complexity index is 1120. The van der Waals surface area contributed by atoms with E-state index in [1.54, 1.807) is 31.4 Å². The summed E-state index contributed by atoms with van der Waals surface area (Å²) in [5.41, 5.74) is 2.94. The Labute approximate surface area is 162 Å². The Morgan fingerprint density at radius 3 is 2.68 bits per heavy atom. The molecule has 0 saturated heterocycles. The number of nitrogens with one attached hydrogen (secondary N) is 4. The van der Waals surface area contributed by atoms with Gasteiger partial charge in [0.15, 0.2) is 5.65 Å². The molecule has 0 fully saturated rings. The number of hydrogen-bond donors (Lipinski definition) is 4. The van der Waals surface area contributed by atoms with Crippen LogP contribution in [0.1, 0.15) is 48.0 Å². The van der Waals surface area contributed by atoms with E-state index in [1.165, 1.54) is 6.20 Å². The van der Waals surface area contributed by atoms with Gasteiger partial charge in [0.1, 0.15) is 11.2 Å². The summed E-state index contributed by atoms with van der Waals surface area (Å²) in [6, 6.07) is 7.13. The van der Waals surface area contributed by atoms with Crippen LogP contribution in [0.2, 0.25) is 0 Å². The maximum atomic E-state index is 12.6. The second-order valence-corrected chi connectivity index (χ2v) is 7.36. The molecule has 0 aliphatic heterocycles. The number of fused-ring (bicyclic) bond motifs is 1. The van der Waals surface area contributed by atoms with Crippen LogP contribution in [0.5, 0.6) is 0 Å². The molecule has 0 bridgehead atoms. The molecular formula is C20H21N7O. The third-order valence-corrected chi connectivity index (χ3v) is 4.06. The lowest BCUT2D eigenvalue weighted by Gasteiger charge is -2.20. The van der Waals surface area contributed by atoms with Crippen molar-refractivity contribution in [3.63, 3.8) is 0 Å². The summed E-state index contributed by atoms with van der Waals surface area (Å²) in [6.07, 6.45) is 3.04. The van der Waals surface area contributed by atoms with Gasteiger partial charge in [-0.25, -0.2) is 9.97 Å². The molecule has 1 aromatic carbocycles. The van der Waals surface area contributed by atoms with Gasteiger partial charge in [-0.05, 0) is 39.0 Å². The molecule has 2 heterocycles. The van der Waals surface area contributed by atoms with Crippen molar-refractivity contribution in [3.05, 3.63) is 53.0 Å². The molecule has 142 valence electrons. The quantitative estimate of drug-likeness (QED) is 0.521. The number of rotatable bonds is 4. The van der Waals surface area contributed by atoms with Crippen LogP contribution >= 0.6 is 0 Å². The van der Waals surface area contributed by atoms with Crippen LogP contribution in [0, 0.1) is 16.7 Å². The van der Waals surface area contributed by atoms with Crippen LogP contribution < -0.4 is 10.6 Å². The Morgan fingerprint density at radius 1 is 1.29 bits per heavy atom. The number of H-pyrrole nitrogens is 1. The maximum absolute atomic E-state index is 12.6. The first-order chi connectivity index (χ1) is 13.2. The standard InChI is InChI=1S/C20H21N7O/c1-20(2,3)27-19(28)13-9-24-18-17(13)26-15(10-25-18)16(22)12-7-11(8-21)5-6-14(12)23-4/h5-7,9-10,22-23H,1-4H3,(H,24,25)(H,27,28). The van der Waals surface area contributed by atoms with E-state index in [-0.39, 0.29) is 11.6 Å². The first-order valence-corrected chi connectivity index (χ1v) is 8.71. The smallest absolute Gasteiger partial charge is 0.255 e. The number of amides is 1. The lowest BCUT2D eigenvalue weighted by Crippen LogP contribution is -2.40. The largest absolute Gasteiger partial charge is 0.388 e. The molecule has 0 saturated carbocycles. The minimum Gasteiger partial charge on any atom is -0.388 e. The summed E-state index contributed by atoms with van der Waals surface area (Å²) in [5, 5.41) is 23.7. The van der Waals surface area contributed by atoms with E-state index in [2.05, 4.69) is 31.7 Å². The fraction of sp³-hybridized carbons (Fsp3) is 0.250. The third kappa shape index (κ3) is 3.69. The summed E-state index contributed by atoms with van der Waals surface area (Å²) in [4.78, 5) is 24.3. The van der Waals surface area contributed by atoms with Crippen molar-refractivity contribution >= 4 is 28.5 Å². The molecule has 0 spiro atoms. The minimum absolute atomic E-state index is 0.110. The molecule has 0 radical (unpaired) electrons. The van der Waals surface area contributed by atoms with Gasteiger partial charge in [0.05, 0.1) is 29.1 Å². The number of anilines is 1. The second kappa shape index (κ2) is 7.12. The van der Waals surface area contributed by atoms with Crippen LogP contribution in [-0.2, 0) is 0 Å². The van der Waals surface area contributed by atoms with Gasteiger partial charge in [-0.2, -0.15) is 5.26 Å². The zero-order chi connectivity index (χ0) is 20.5. The predicted octanol–water partition coefficient (Wildman–Crippen LogP) is 2.82. The van der Waals surface area contributed by atoms with Crippen molar-refractivity contribution in [2.24, 2.45) is 0 Å². The number of nitrogens with zero attached hydrogens (tertiary/aromatic N) is 3. The highest BCUT2D eigenvalue weighted by atomic mass is 16.1. The highest BCUT2D eigenvalue weighted by Gasteiger charge is 2.21. The molecule has 2 aromatic heterocycles. The Hall–Kier alpha value is -3.73. The average Bonchev–Trinajstić information content (AvgIpc) is 3.08. The highest BCUT2D eigenvalue weighted by Crippen LogP contribution is 2.22. The SMILES string of the molecule is CNc1ccc(C#N)cc1C(=N)c1cnc2[nH]cc(C(=O)NC(C)(C)C)c2n1. The second-order valence-electron chi connectivity index (χ2n) is 7.36. The summed E-state index contributed by atoms with van der Waals surface area (Å²) >= 11 is 0. The topological polar surface area (TPSA) is 130 Å². The van der Waals surface area contributed by atoms with Crippen LogP contribution in [0.15, 0.2) is 30.6 Å². The van der Waals surface area contributed by atoms with E-state index in [0.29, 0.717) is 39.2 Å². The van der Waals surface area contributed by atoms with Gasteiger partial charge < -0.3 is 15.6 Å². The number of carbonyl (C=O) groups excluding carboxylic acids is 1. The van der Waals surface area contributed by atoms with Gasteiger partial charge in [0.25, 0.3) is 5.91 Å². The number of nitriles is 1. The average molecular weight is 375 g/mol. The fourth-order valence-corrected chi connectivity index (χ4v) is 2.77. The van der Waals surface area contributed by atoms with E-state index in [0.717, 1.165) is 0 Å². The van der Waals surface area contributed by atoms with Crippen molar-refractivity contribution in [2.45, 2.75) is 26.3 Å². The van der Waals surface area contributed by atoms with Crippen LogP contribution in [0.3, 0.4) is 0 Å². The van der Waals surface area contributed by atoms with Gasteiger partial charge in [-0.1, -0.05) is 0 Å². The van der Waals surface area contributed by atoms with Crippen molar-refractivity contribution in [1.29, 1.82) is 10.7 Å². The summed E-state index contributed by atoms with van der Waals surface area (Å²) in [7, 11) is 1.74. The van der Waals surface area contributed by atoms with E-state index in [9.17, 15) is 4.79 Å². The summed E-state index contributed by atoms with van der Waals surface area (Å²) < 4.78 is 0. The minimum atomic E-state index is -0.391. The number of benzene rings is 1. The zero-order valence-corrected chi connectivity index (χ0v) is 16.1. The summed E-state index contributed by atoms with van der Waals surface area (Å²) in [5.74, 6) is -0.265. The highest BCUT2D eigenvalue weighted by molar-refractivity contribution is 6.14. The van der Waals surface area contributed by atoms with E-state index in [4.69, 9.17) is 10.7 Å². The van der Waals surface area contributed by atoms with Gasteiger partial charge in [-0.15, -0.1) is 0 Å². The zero-order valence-electron chi connectivity index (χ0n) is 16.1. The number of aromatic nitrogens is 3. The van der Waals surface area contributed by atoms with Crippen molar-refractivity contribution in [3.8, 4) is 6.07 Å². The van der Waals surface area contributed by atoms with Crippen LogP contribution in [-0.4, -0.2) is 39.2 Å². The maximum Gasteiger partial charge on any atom is 0.255 e. The number of carbonyl (C=O) groups is 1. The Morgan fingerprint density at radius 2 is 2.04 bits per heavy atom. The molecule has 28 heavy (non-hydrogen) atoms. The molecule has 3 rings (SSSR count). The number of aromatic amines is 1. The summed E-state index contributed by atoms with van der Waals surface area (Å²) in [6.45, 7) is 5.69. The third-order valence-electron chi connectivity index (χ3n) is 4.06. The molecule has 0 unspecified atom stereocenters. The molecule has 0 atom stereocenters. The molecule has 8 heteroatoms. The molecule has 0 aliphatic carbocycles. The van der Waals surface area contributed by atoms with Crippen LogP contribution in [0.4, 0.5) is 5.69 Å². The van der Waals surface area contributed by atoms with Gasteiger partial charge in [0, 0.05) is 30.0 Å². The number of hydrogen-bond acceptors (Lipinski definition) is 6. The van der Waals surface area contributed by atoms with E-state index in [1.807, 2.05) is 20.8 Å². The first kappa shape index (κ1) is 19.0. The Kier molecular flexibility index (Phi) is 4.84. The Balaban J connectivity index is 2.05. The van der Waals surface area contributed by atoms with Gasteiger partial charge in [0.2, 0.25) is 0 Å². The normalized spacial score (nSPS) is 11.1. The van der Waals surface area contributed by atoms with Crippen molar-refractivity contribution in [1.82, 2.24) is 20.3 Å². The van der Waals surface area contributed by atoms with Crippen LogP contribution in [0.25, 0.3) is 11.2 Å².